The van der Waals surface area contributed by atoms with Gasteiger partial charge in [0.15, 0.2) is 0 Å². The molecule has 1 aliphatic rings. The van der Waals surface area contributed by atoms with E-state index in [1.807, 2.05) is 34.9 Å². The summed E-state index contributed by atoms with van der Waals surface area (Å²) in [6, 6.07) is 7.59. The monoisotopic (exact) mass is 406 g/mol. The van der Waals surface area contributed by atoms with Crippen LogP contribution in [-0.2, 0) is 22.4 Å². The number of carbonyl (C=O) groups is 2. The van der Waals surface area contributed by atoms with Gasteiger partial charge in [-0.2, -0.15) is 5.10 Å². The number of aryl methyl sites for hydroxylation is 2. The Kier molecular flexibility index (Phi) is 5.74. The van der Waals surface area contributed by atoms with Gasteiger partial charge in [-0.3, -0.25) is 14.0 Å². The number of rotatable bonds is 7. The van der Waals surface area contributed by atoms with E-state index < -0.39 is 0 Å². The lowest BCUT2D eigenvalue weighted by Gasteiger charge is -2.14. The number of anilines is 1. The molecule has 4 rings (SSSR count). The molecule has 156 valence electrons. The van der Waals surface area contributed by atoms with Gasteiger partial charge in [-0.05, 0) is 31.4 Å². The number of nitrogens with zero attached hydrogens (tertiary/aromatic N) is 5. The van der Waals surface area contributed by atoms with Gasteiger partial charge in [0, 0.05) is 49.1 Å². The highest BCUT2D eigenvalue weighted by molar-refractivity contribution is 5.91. The van der Waals surface area contributed by atoms with Crippen LogP contribution < -0.4 is 5.32 Å². The number of nitrogens with one attached hydrogen (secondary N) is 1. The van der Waals surface area contributed by atoms with Gasteiger partial charge in [-0.15, -0.1) is 5.10 Å². The molecule has 8 nitrogen and oxygen atoms in total. The summed E-state index contributed by atoms with van der Waals surface area (Å²) in [5, 5.41) is 11.4. The van der Waals surface area contributed by atoms with E-state index in [9.17, 15) is 9.59 Å². The number of imidazole rings is 1. The number of likely N-dealkylation sites (tertiary alicyclic amines) is 1. The van der Waals surface area contributed by atoms with E-state index in [0.29, 0.717) is 25.2 Å². The minimum absolute atomic E-state index is 0.0925. The topological polar surface area (TPSA) is 92.5 Å². The minimum atomic E-state index is -0.0925. The van der Waals surface area contributed by atoms with E-state index in [-0.39, 0.29) is 11.8 Å². The van der Waals surface area contributed by atoms with Crippen molar-refractivity contribution in [1.29, 1.82) is 0 Å². The van der Waals surface area contributed by atoms with Crippen molar-refractivity contribution in [3.8, 4) is 11.3 Å². The first kappa shape index (κ1) is 20.0. The van der Waals surface area contributed by atoms with Crippen LogP contribution in [0.5, 0.6) is 0 Å². The zero-order valence-corrected chi connectivity index (χ0v) is 17.4. The van der Waals surface area contributed by atoms with Gasteiger partial charge in [0.2, 0.25) is 11.8 Å². The second kappa shape index (κ2) is 8.61. The van der Waals surface area contributed by atoms with Gasteiger partial charge in [0.25, 0.3) is 5.78 Å². The van der Waals surface area contributed by atoms with Crippen LogP contribution >= 0.6 is 0 Å². The molecule has 1 aliphatic heterocycles. The van der Waals surface area contributed by atoms with Crippen molar-refractivity contribution in [3.05, 3.63) is 41.9 Å². The van der Waals surface area contributed by atoms with Crippen LogP contribution in [0, 0.1) is 0 Å². The first-order chi connectivity index (χ1) is 14.6. The Bertz CT molecular complexity index is 1070. The zero-order chi connectivity index (χ0) is 21.1. The third-order valence-corrected chi connectivity index (χ3v) is 5.49. The standard InChI is InChI=1S/C22H26N6O2/c1-3-17-19(4-2)28-14-18(24-22(28)26-25-17)15-7-9-16(10-8-15)23-20(29)11-13-27-12-5-6-21(27)30/h7-10,14H,3-6,11-13H2,1-2H3,(H,23,29). The molecule has 30 heavy (non-hydrogen) atoms. The minimum Gasteiger partial charge on any atom is -0.342 e. The molecule has 0 atom stereocenters. The van der Waals surface area contributed by atoms with Crippen LogP contribution in [0.4, 0.5) is 5.69 Å². The van der Waals surface area contributed by atoms with Crippen molar-refractivity contribution in [1.82, 2.24) is 24.5 Å². The number of aromatic nitrogens is 4. The Hall–Kier alpha value is -3.29. The fourth-order valence-corrected chi connectivity index (χ4v) is 3.85. The molecule has 3 aromatic rings. The smallest absolute Gasteiger partial charge is 0.254 e. The largest absolute Gasteiger partial charge is 0.342 e. The molecular weight excluding hydrogens is 380 g/mol. The summed E-state index contributed by atoms with van der Waals surface area (Å²) in [6.07, 6.45) is 5.47. The number of carbonyl (C=O) groups excluding carboxylic acids is 2. The van der Waals surface area contributed by atoms with Crippen LogP contribution in [0.3, 0.4) is 0 Å². The molecule has 0 spiro atoms. The van der Waals surface area contributed by atoms with Crippen LogP contribution in [0.25, 0.3) is 17.0 Å². The molecule has 1 saturated heterocycles. The summed E-state index contributed by atoms with van der Waals surface area (Å²) in [4.78, 5) is 30.2. The summed E-state index contributed by atoms with van der Waals surface area (Å²) in [6.45, 7) is 5.41. The Morgan fingerprint density at radius 2 is 1.93 bits per heavy atom. The van der Waals surface area contributed by atoms with Crippen molar-refractivity contribution in [3.63, 3.8) is 0 Å². The average molecular weight is 406 g/mol. The highest BCUT2D eigenvalue weighted by Crippen LogP contribution is 2.22. The summed E-state index contributed by atoms with van der Waals surface area (Å²) >= 11 is 0. The number of hydrogen-bond donors (Lipinski definition) is 1. The van der Waals surface area contributed by atoms with Crippen LogP contribution in [0.2, 0.25) is 0 Å². The molecule has 8 heteroatoms. The first-order valence-electron chi connectivity index (χ1n) is 10.5. The van der Waals surface area contributed by atoms with E-state index in [0.717, 1.165) is 54.1 Å². The van der Waals surface area contributed by atoms with Crippen molar-refractivity contribution in [2.24, 2.45) is 0 Å². The first-order valence-corrected chi connectivity index (χ1v) is 10.5. The second-order valence-corrected chi connectivity index (χ2v) is 7.46. The normalized spacial score (nSPS) is 13.9. The molecule has 1 fully saturated rings. The molecule has 0 radical (unpaired) electrons. The lowest BCUT2D eigenvalue weighted by molar-refractivity contribution is -0.128. The van der Waals surface area contributed by atoms with Gasteiger partial charge in [0.05, 0.1) is 11.4 Å². The Balaban J connectivity index is 1.44. The molecule has 2 amide bonds. The predicted molar refractivity (Wildman–Crippen MR) is 114 cm³/mol. The third-order valence-electron chi connectivity index (χ3n) is 5.49. The molecular formula is C22H26N6O2. The third kappa shape index (κ3) is 4.03. The van der Waals surface area contributed by atoms with Gasteiger partial charge in [0.1, 0.15) is 0 Å². The highest BCUT2D eigenvalue weighted by Gasteiger charge is 2.20. The maximum Gasteiger partial charge on any atom is 0.254 e. The summed E-state index contributed by atoms with van der Waals surface area (Å²) in [5.74, 6) is 0.639. The quantitative estimate of drug-likeness (QED) is 0.651. The van der Waals surface area contributed by atoms with Crippen molar-refractivity contribution in [2.75, 3.05) is 18.4 Å². The SMILES string of the molecule is CCc1nnc2nc(-c3ccc(NC(=O)CCN4CCCC4=O)cc3)cn2c1CC. The van der Waals surface area contributed by atoms with Gasteiger partial charge in [-0.25, -0.2) is 4.98 Å². The summed E-state index contributed by atoms with van der Waals surface area (Å²) in [5.41, 5.74) is 4.60. The molecule has 0 bridgehead atoms. The number of benzene rings is 1. The Morgan fingerprint density at radius 3 is 2.60 bits per heavy atom. The fourth-order valence-electron chi connectivity index (χ4n) is 3.85. The summed E-state index contributed by atoms with van der Waals surface area (Å²) < 4.78 is 2.01. The molecule has 0 aliphatic carbocycles. The lowest BCUT2D eigenvalue weighted by Crippen LogP contribution is -2.28. The average Bonchev–Trinajstić information content (AvgIpc) is 3.37. The van der Waals surface area contributed by atoms with Gasteiger partial charge in [-0.1, -0.05) is 26.0 Å². The molecule has 0 saturated carbocycles. The lowest BCUT2D eigenvalue weighted by atomic mass is 10.1. The van der Waals surface area contributed by atoms with Crippen molar-refractivity contribution in [2.45, 2.75) is 46.0 Å². The molecule has 1 aromatic carbocycles. The number of hydrogen-bond acceptors (Lipinski definition) is 5. The second-order valence-electron chi connectivity index (χ2n) is 7.46. The number of fused-ring (bicyclic) bond motifs is 1. The van der Waals surface area contributed by atoms with E-state index in [4.69, 9.17) is 0 Å². The van der Waals surface area contributed by atoms with E-state index >= 15 is 0 Å². The van der Waals surface area contributed by atoms with Gasteiger partial charge >= 0.3 is 0 Å². The molecule has 2 aromatic heterocycles. The van der Waals surface area contributed by atoms with E-state index in [1.54, 1.807) is 4.90 Å². The van der Waals surface area contributed by atoms with Crippen LogP contribution in [0.15, 0.2) is 30.5 Å². The van der Waals surface area contributed by atoms with Crippen LogP contribution in [-0.4, -0.2) is 49.4 Å². The van der Waals surface area contributed by atoms with E-state index in [2.05, 4.69) is 34.3 Å². The molecule has 0 unspecified atom stereocenters. The zero-order valence-electron chi connectivity index (χ0n) is 17.4. The maximum atomic E-state index is 12.2. The highest BCUT2D eigenvalue weighted by atomic mass is 16.2. The van der Waals surface area contributed by atoms with Crippen molar-refractivity contribution < 1.29 is 9.59 Å². The Labute approximate surface area is 175 Å². The van der Waals surface area contributed by atoms with Gasteiger partial charge < -0.3 is 10.2 Å². The van der Waals surface area contributed by atoms with Crippen LogP contribution in [0.1, 0.15) is 44.5 Å². The maximum absolute atomic E-state index is 12.2. The predicted octanol–water partition coefficient (Wildman–Crippen LogP) is 2.87. The van der Waals surface area contributed by atoms with Crippen molar-refractivity contribution >= 4 is 23.3 Å². The fraction of sp³-hybridized carbons (Fsp3) is 0.409. The molecule has 1 N–H and O–H groups in total. The van der Waals surface area contributed by atoms with E-state index in [1.165, 1.54) is 0 Å². The molecule has 3 heterocycles. The summed E-state index contributed by atoms with van der Waals surface area (Å²) in [7, 11) is 0. The number of amides is 2. The Morgan fingerprint density at radius 1 is 1.13 bits per heavy atom.